The summed E-state index contributed by atoms with van der Waals surface area (Å²) in [5, 5.41) is 20.2. The number of aliphatic hydroxyl groups is 1. The third-order valence-corrected chi connectivity index (χ3v) is 11.1. The van der Waals surface area contributed by atoms with Crippen molar-refractivity contribution in [3.63, 3.8) is 0 Å². The minimum atomic E-state index is -1.08. The van der Waals surface area contributed by atoms with Crippen molar-refractivity contribution in [1.82, 2.24) is 0 Å². The van der Waals surface area contributed by atoms with Crippen LogP contribution in [0, 0.1) is 46.3 Å². The van der Waals surface area contributed by atoms with Gasteiger partial charge < -0.3 is 10.2 Å². The first-order chi connectivity index (χ1) is 14.5. The third-order valence-electron chi connectivity index (χ3n) is 11.1. The van der Waals surface area contributed by atoms with Gasteiger partial charge in [-0.05, 0) is 111 Å². The summed E-state index contributed by atoms with van der Waals surface area (Å²) in [5.41, 5.74) is -0.458. The zero-order valence-electron chi connectivity index (χ0n) is 20.2. The fraction of sp³-hybridized carbons (Fsp3) is 0.926. The monoisotopic (exact) mass is 432 g/mol. The second-order valence-electron chi connectivity index (χ2n) is 12.3. The average Bonchev–Trinajstić information content (AvgIpc) is 3.09. The van der Waals surface area contributed by atoms with E-state index in [1.807, 2.05) is 6.92 Å². The Morgan fingerprint density at radius 3 is 2.35 bits per heavy atom. The van der Waals surface area contributed by atoms with Gasteiger partial charge in [-0.3, -0.25) is 9.59 Å². The molecule has 1 unspecified atom stereocenters. The molecule has 31 heavy (non-hydrogen) atoms. The number of ketones is 1. The van der Waals surface area contributed by atoms with E-state index in [1.54, 1.807) is 0 Å². The summed E-state index contributed by atoms with van der Waals surface area (Å²) >= 11 is 0. The Bertz CT molecular complexity index is 718. The fourth-order valence-electron chi connectivity index (χ4n) is 9.36. The quantitative estimate of drug-likeness (QED) is 0.551. The molecule has 2 N–H and O–H groups in total. The summed E-state index contributed by atoms with van der Waals surface area (Å²) in [4.78, 5) is 23.6. The number of Topliss-reactive ketones (excluding diaryl/α,β-unsaturated/α-hetero) is 1. The van der Waals surface area contributed by atoms with Gasteiger partial charge in [-0.1, -0.05) is 27.7 Å². The lowest BCUT2D eigenvalue weighted by atomic mass is 9.43. The molecule has 4 fully saturated rings. The van der Waals surface area contributed by atoms with Gasteiger partial charge in [-0.15, -0.1) is 0 Å². The highest BCUT2D eigenvalue weighted by Gasteiger charge is 2.62. The number of carboxylic acids is 1. The molecule has 0 aliphatic heterocycles. The summed E-state index contributed by atoms with van der Waals surface area (Å²) in [6.45, 7) is 9.17. The molecule has 0 heterocycles. The summed E-state index contributed by atoms with van der Waals surface area (Å²) in [6, 6.07) is 0. The number of fused-ring (bicyclic) bond motifs is 5. The molecule has 0 saturated heterocycles. The predicted octanol–water partition coefficient (Wildman–Crippen LogP) is 5.86. The Morgan fingerprint density at radius 1 is 0.968 bits per heavy atom. The lowest BCUT2D eigenvalue weighted by molar-refractivity contribution is -0.166. The summed E-state index contributed by atoms with van der Waals surface area (Å²) in [6.07, 6.45) is 11.4. The molecule has 0 radical (unpaired) electrons. The van der Waals surface area contributed by atoms with E-state index in [0.29, 0.717) is 48.9 Å². The van der Waals surface area contributed by atoms with Crippen LogP contribution < -0.4 is 0 Å². The number of aliphatic carboxylic acids is 1. The maximum atomic E-state index is 12.5. The highest BCUT2D eigenvalue weighted by atomic mass is 16.4. The van der Waals surface area contributed by atoms with Gasteiger partial charge in [-0.25, -0.2) is 0 Å². The normalized spacial score (nSPS) is 47.7. The van der Waals surface area contributed by atoms with Gasteiger partial charge in [0, 0.05) is 12.8 Å². The average molecular weight is 433 g/mol. The van der Waals surface area contributed by atoms with Gasteiger partial charge in [0.15, 0.2) is 5.78 Å². The second-order valence-corrected chi connectivity index (χ2v) is 12.3. The Balaban J connectivity index is 1.50. The molecule has 0 amide bonds. The molecule has 0 bridgehead atoms. The standard InChI is InChI=1S/C27H44O4/c1-5-23(28)27(31)15-14-25(3)18(16-27)7-8-19-21-10-9-20(17(2)6-11-24(29)30)26(21,4)13-12-22(19)25/h17-22,31H,5-16H2,1-4H3,(H,29,30)/t17-,18?,19+,20-,21+,22+,25+,26-,27-/m1/s1. The van der Waals surface area contributed by atoms with Crippen molar-refractivity contribution < 1.29 is 19.8 Å². The highest BCUT2D eigenvalue weighted by molar-refractivity contribution is 5.86. The Labute approximate surface area is 188 Å². The van der Waals surface area contributed by atoms with Crippen LogP contribution in [0.5, 0.6) is 0 Å². The minimum absolute atomic E-state index is 0.0434. The molecule has 0 spiro atoms. The maximum Gasteiger partial charge on any atom is 0.303 e. The van der Waals surface area contributed by atoms with Gasteiger partial charge in [0.2, 0.25) is 0 Å². The molecular weight excluding hydrogens is 388 g/mol. The van der Waals surface area contributed by atoms with Crippen LogP contribution in [0.25, 0.3) is 0 Å². The second kappa shape index (κ2) is 8.15. The van der Waals surface area contributed by atoms with Gasteiger partial charge in [0.25, 0.3) is 0 Å². The van der Waals surface area contributed by atoms with E-state index in [4.69, 9.17) is 5.11 Å². The van der Waals surface area contributed by atoms with E-state index >= 15 is 0 Å². The molecule has 4 nitrogen and oxygen atoms in total. The number of rotatable bonds is 6. The zero-order valence-corrected chi connectivity index (χ0v) is 20.2. The minimum Gasteiger partial charge on any atom is -0.481 e. The molecule has 4 aliphatic carbocycles. The van der Waals surface area contributed by atoms with Gasteiger partial charge in [-0.2, -0.15) is 0 Å². The van der Waals surface area contributed by atoms with Crippen LogP contribution in [-0.4, -0.2) is 27.6 Å². The van der Waals surface area contributed by atoms with Crippen LogP contribution in [0.4, 0.5) is 0 Å². The van der Waals surface area contributed by atoms with Crippen molar-refractivity contribution in [3.05, 3.63) is 0 Å². The fourth-order valence-corrected chi connectivity index (χ4v) is 9.36. The topological polar surface area (TPSA) is 74.6 Å². The molecule has 4 aliphatic rings. The number of hydrogen-bond donors (Lipinski definition) is 2. The van der Waals surface area contributed by atoms with Crippen molar-refractivity contribution in [2.75, 3.05) is 0 Å². The van der Waals surface area contributed by atoms with Crippen LogP contribution in [0.3, 0.4) is 0 Å². The van der Waals surface area contributed by atoms with Crippen molar-refractivity contribution >= 4 is 11.8 Å². The SMILES string of the molecule is CCC(=O)[C@@]1(O)CC[C@@]2(C)C(CC[C@H]3[C@@H]4CC[C@H]([C@H](C)CCC(=O)O)[C@@]4(C)CC[C@@H]32)C1. The Morgan fingerprint density at radius 2 is 1.68 bits per heavy atom. The van der Waals surface area contributed by atoms with Crippen LogP contribution >= 0.6 is 0 Å². The number of carboxylic acid groups (broad SMARTS) is 1. The van der Waals surface area contributed by atoms with Gasteiger partial charge in [0.05, 0.1) is 0 Å². The molecule has 4 rings (SSSR count). The predicted molar refractivity (Wildman–Crippen MR) is 121 cm³/mol. The number of hydrogen-bond acceptors (Lipinski definition) is 3. The molecule has 176 valence electrons. The van der Waals surface area contributed by atoms with Crippen LogP contribution in [0.15, 0.2) is 0 Å². The van der Waals surface area contributed by atoms with E-state index in [9.17, 15) is 14.7 Å². The largest absolute Gasteiger partial charge is 0.481 e. The van der Waals surface area contributed by atoms with Crippen LogP contribution in [-0.2, 0) is 9.59 Å². The first-order valence-electron chi connectivity index (χ1n) is 13.0. The van der Waals surface area contributed by atoms with E-state index in [1.165, 1.54) is 32.1 Å². The third kappa shape index (κ3) is 3.69. The first kappa shape index (κ1) is 23.3. The molecule has 4 heteroatoms. The molecular formula is C27H44O4. The smallest absolute Gasteiger partial charge is 0.303 e. The van der Waals surface area contributed by atoms with Crippen LogP contribution in [0.1, 0.15) is 105 Å². The Hall–Kier alpha value is -0.900. The van der Waals surface area contributed by atoms with Crippen LogP contribution in [0.2, 0.25) is 0 Å². The molecule has 9 atom stereocenters. The first-order valence-corrected chi connectivity index (χ1v) is 13.0. The number of carbonyl (C=O) groups excluding carboxylic acids is 1. The lowest BCUT2D eigenvalue weighted by Crippen LogP contribution is -2.57. The maximum absolute atomic E-state index is 12.5. The van der Waals surface area contributed by atoms with Gasteiger partial charge in [0.1, 0.15) is 5.60 Å². The Kier molecular flexibility index (Phi) is 6.12. The van der Waals surface area contributed by atoms with E-state index in [0.717, 1.165) is 37.0 Å². The van der Waals surface area contributed by atoms with Crippen molar-refractivity contribution in [3.8, 4) is 0 Å². The molecule has 4 saturated carbocycles. The summed E-state index contributed by atoms with van der Waals surface area (Å²) < 4.78 is 0. The van der Waals surface area contributed by atoms with E-state index < -0.39 is 11.6 Å². The highest BCUT2D eigenvalue weighted by Crippen LogP contribution is 2.69. The summed E-state index contributed by atoms with van der Waals surface area (Å²) in [7, 11) is 0. The molecule has 0 aromatic heterocycles. The molecule has 0 aromatic rings. The number of carbonyl (C=O) groups is 2. The van der Waals surface area contributed by atoms with Crippen molar-refractivity contribution in [2.24, 2.45) is 46.3 Å². The summed E-state index contributed by atoms with van der Waals surface area (Å²) in [5.74, 6) is 3.24. The van der Waals surface area contributed by atoms with Gasteiger partial charge >= 0.3 is 5.97 Å². The van der Waals surface area contributed by atoms with E-state index in [2.05, 4.69) is 20.8 Å². The molecule has 0 aromatic carbocycles. The van der Waals surface area contributed by atoms with Crippen molar-refractivity contribution in [1.29, 1.82) is 0 Å². The lowest BCUT2D eigenvalue weighted by Gasteiger charge is -2.62. The zero-order chi connectivity index (χ0) is 22.6. The van der Waals surface area contributed by atoms with E-state index in [-0.39, 0.29) is 11.2 Å². The van der Waals surface area contributed by atoms with Crippen molar-refractivity contribution in [2.45, 2.75) is 110 Å².